The fraction of sp³-hybridized carbons (Fsp3) is 0.0333. The first-order chi connectivity index (χ1) is 31.7. The smallest absolute Gasteiger partial charge is 0.102 e. The second-order valence-electron chi connectivity index (χ2n) is 16.9. The molecule has 0 fully saturated rings. The van der Waals surface area contributed by atoms with Gasteiger partial charge < -0.3 is 9.13 Å². The van der Waals surface area contributed by atoms with Gasteiger partial charge >= 0.3 is 0 Å². The molecule has 2 aliphatic carbocycles. The normalized spacial score (nSPS) is 13.7. The Bertz CT molecular complexity index is 3760. The number of nitriles is 2. The lowest BCUT2D eigenvalue weighted by Gasteiger charge is -2.32. The van der Waals surface area contributed by atoms with E-state index >= 15 is 0 Å². The first-order valence-electron chi connectivity index (χ1n) is 21.8. The lowest BCUT2D eigenvalue weighted by molar-refractivity contribution is 0.786. The maximum absolute atomic E-state index is 12.1. The van der Waals surface area contributed by atoms with Crippen LogP contribution in [-0.4, -0.2) is 9.13 Å². The summed E-state index contributed by atoms with van der Waals surface area (Å²) in [6, 6.07) is 74.1. The van der Waals surface area contributed by atoms with Crippen molar-refractivity contribution in [2.75, 3.05) is 0 Å². The summed E-state index contributed by atoms with van der Waals surface area (Å²) in [6.07, 6.45) is 2.91. The van der Waals surface area contributed by atoms with E-state index in [4.69, 9.17) is 0 Å². The minimum atomic E-state index is -0.297. The van der Waals surface area contributed by atoms with Crippen molar-refractivity contribution in [1.29, 1.82) is 10.5 Å². The Hall–Kier alpha value is -8.70. The van der Waals surface area contributed by atoms with Crippen LogP contribution in [0, 0.1) is 22.7 Å². The van der Waals surface area contributed by atoms with Gasteiger partial charge in [0, 0.05) is 33.0 Å². The SMILES string of the molecule is N#Cc1c(C=C2c3ccccc3-c3ccccc32)c(-n2c3ccccc3c3ccccc32)c(-n2c3ccccc3c3ccccc32)c(C#N)c1C1Cc2ccccc2-c2ccccc21. The standard InChI is InChI=1S/C60H36N4/c61-35-52-51(34-49-42-22-6-4-20-40(42)41-21-5-7-23-43(41)49)59(63-54-29-13-9-25-45(54)46-26-10-14-30-55(46)63)60(64-56-31-15-11-27-47(56)48-28-12-16-32-57(48)64)53(36-62)58(52)50-33-37-17-1-2-18-38(37)39-19-3-8-24-44(39)50/h1-32,34,50H,33H2. The molecular weight excluding hydrogens is 777 g/mol. The number of hydrogen-bond acceptors (Lipinski definition) is 2. The molecule has 13 rings (SSSR count). The molecule has 1 atom stereocenters. The third kappa shape index (κ3) is 4.97. The Kier molecular flexibility index (Phi) is 7.83. The van der Waals surface area contributed by atoms with Gasteiger partial charge in [-0.25, -0.2) is 0 Å². The molecule has 0 spiro atoms. The summed E-state index contributed by atoms with van der Waals surface area (Å²) in [5, 5.41) is 28.6. The number of fused-ring (bicyclic) bond motifs is 12. The molecule has 2 aliphatic rings. The molecule has 4 heteroatoms. The van der Waals surface area contributed by atoms with Crippen molar-refractivity contribution in [3.8, 4) is 45.8 Å². The zero-order chi connectivity index (χ0) is 42.5. The molecule has 0 aliphatic heterocycles. The van der Waals surface area contributed by atoms with Crippen LogP contribution in [0.4, 0.5) is 0 Å². The Balaban J connectivity index is 1.30. The van der Waals surface area contributed by atoms with E-state index in [1.54, 1.807) is 0 Å². The Morgan fingerprint density at radius 3 is 1.33 bits per heavy atom. The minimum absolute atomic E-state index is 0.297. The van der Waals surface area contributed by atoms with E-state index in [-0.39, 0.29) is 5.92 Å². The second-order valence-corrected chi connectivity index (χ2v) is 16.9. The van der Waals surface area contributed by atoms with Crippen LogP contribution in [0.25, 0.3) is 88.9 Å². The quantitative estimate of drug-likeness (QED) is 0.178. The highest BCUT2D eigenvalue weighted by Crippen LogP contribution is 2.52. The topological polar surface area (TPSA) is 57.4 Å². The first kappa shape index (κ1) is 36.0. The Labute approximate surface area is 370 Å². The molecule has 0 saturated heterocycles. The van der Waals surface area contributed by atoms with Crippen molar-refractivity contribution in [2.45, 2.75) is 12.3 Å². The highest BCUT2D eigenvalue weighted by molar-refractivity contribution is 6.14. The van der Waals surface area contributed by atoms with Crippen molar-refractivity contribution < 1.29 is 0 Å². The molecule has 0 amide bonds. The predicted octanol–water partition coefficient (Wildman–Crippen LogP) is 14.5. The fourth-order valence-electron chi connectivity index (χ4n) is 11.2. The van der Waals surface area contributed by atoms with Crippen LogP contribution in [0.2, 0.25) is 0 Å². The van der Waals surface area contributed by atoms with Crippen molar-refractivity contribution in [3.05, 3.63) is 239 Å². The lowest BCUT2D eigenvalue weighted by Crippen LogP contribution is -2.19. The van der Waals surface area contributed by atoms with Gasteiger partial charge in [-0.3, -0.25) is 0 Å². The first-order valence-corrected chi connectivity index (χ1v) is 21.8. The van der Waals surface area contributed by atoms with E-state index in [1.807, 2.05) is 0 Å². The van der Waals surface area contributed by atoms with Gasteiger partial charge in [-0.05, 0) is 92.4 Å². The van der Waals surface area contributed by atoms with E-state index in [9.17, 15) is 10.5 Å². The van der Waals surface area contributed by atoms with E-state index in [1.165, 1.54) is 11.1 Å². The molecule has 9 aromatic carbocycles. The molecule has 11 aromatic rings. The largest absolute Gasteiger partial charge is 0.307 e. The molecule has 2 aromatic heterocycles. The molecule has 0 radical (unpaired) electrons. The predicted molar refractivity (Wildman–Crippen MR) is 261 cm³/mol. The highest BCUT2D eigenvalue weighted by Gasteiger charge is 2.36. The van der Waals surface area contributed by atoms with Gasteiger partial charge in [0.15, 0.2) is 0 Å². The van der Waals surface area contributed by atoms with Gasteiger partial charge in [-0.1, -0.05) is 170 Å². The minimum Gasteiger partial charge on any atom is -0.307 e. The van der Waals surface area contributed by atoms with Crippen LogP contribution in [0.15, 0.2) is 194 Å². The van der Waals surface area contributed by atoms with Gasteiger partial charge in [0.1, 0.15) is 12.1 Å². The average molecular weight is 813 g/mol. The van der Waals surface area contributed by atoms with E-state index in [0.717, 1.165) is 105 Å². The molecular formula is C60H36N4. The number of rotatable bonds is 4. The molecule has 1 unspecified atom stereocenters. The molecule has 64 heavy (non-hydrogen) atoms. The Morgan fingerprint density at radius 2 is 0.812 bits per heavy atom. The maximum atomic E-state index is 12.1. The number of aromatic nitrogens is 2. The van der Waals surface area contributed by atoms with Crippen LogP contribution in [0.3, 0.4) is 0 Å². The van der Waals surface area contributed by atoms with Crippen LogP contribution in [0.1, 0.15) is 50.4 Å². The van der Waals surface area contributed by atoms with E-state index in [0.29, 0.717) is 17.5 Å². The van der Waals surface area contributed by atoms with Crippen LogP contribution >= 0.6 is 0 Å². The fourth-order valence-corrected chi connectivity index (χ4v) is 11.2. The van der Waals surface area contributed by atoms with Crippen LogP contribution in [0.5, 0.6) is 0 Å². The Morgan fingerprint density at radius 1 is 0.406 bits per heavy atom. The summed E-state index contributed by atoms with van der Waals surface area (Å²) >= 11 is 0. The highest BCUT2D eigenvalue weighted by atomic mass is 15.1. The summed E-state index contributed by atoms with van der Waals surface area (Å²) in [4.78, 5) is 0. The molecule has 0 N–H and O–H groups in total. The van der Waals surface area contributed by atoms with E-state index < -0.39 is 0 Å². The number of benzene rings is 9. The summed E-state index contributed by atoms with van der Waals surface area (Å²) in [7, 11) is 0. The van der Waals surface area contributed by atoms with Gasteiger partial charge in [0.05, 0.1) is 44.6 Å². The van der Waals surface area contributed by atoms with Crippen LogP contribution in [-0.2, 0) is 6.42 Å². The van der Waals surface area contributed by atoms with Gasteiger partial charge in [-0.15, -0.1) is 0 Å². The van der Waals surface area contributed by atoms with Gasteiger partial charge in [-0.2, -0.15) is 10.5 Å². The summed E-state index contributed by atoms with van der Waals surface area (Å²) in [6.45, 7) is 0. The van der Waals surface area contributed by atoms with Gasteiger partial charge in [0.2, 0.25) is 0 Å². The zero-order valence-corrected chi connectivity index (χ0v) is 34.6. The number of hydrogen-bond donors (Lipinski definition) is 0. The monoisotopic (exact) mass is 812 g/mol. The summed E-state index contributed by atoms with van der Waals surface area (Å²) in [5.41, 5.74) is 18.3. The molecule has 2 heterocycles. The maximum Gasteiger partial charge on any atom is 0.102 e. The third-order valence-corrected chi connectivity index (χ3v) is 13.8. The lowest BCUT2D eigenvalue weighted by atomic mass is 9.72. The van der Waals surface area contributed by atoms with Crippen LogP contribution < -0.4 is 0 Å². The molecule has 0 bridgehead atoms. The van der Waals surface area contributed by atoms with E-state index in [2.05, 4.69) is 221 Å². The molecule has 0 saturated carbocycles. The summed E-state index contributed by atoms with van der Waals surface area (Å²) in [5.74, 6) is -0.297. The van der Waals surface area contributed by atoms with Crippen molar-refractivity contribution in [1.82, 2.24) is 9.13 Å². The molecule has 296 valence electrons. The van der Waals surface area contributed by atoms with Crippen molar-refractivity contribution in [3.63, 3.8) is 0 Å². The number of nitrogens with zero attached hydrogens (tertiary/aromatic N) is 4. The van der Waals surface area contributed by atoms with Crippen molar-refractivity contribution >= 4 is 55.3 Å². The second kappa shape index (κ2) is 13.9. The zero-order valence-electron chi connectivity index (χ0n) is 34.6. The summed E-state index contributed by atoms with van der Waals surface area (Å²) < 4.78 is 4.65. The number of para-hydroxylation sites is 4. The third-order valence-electron chi connectivity index (χ3n) is 13.8. The average Bonchev–Trinajstić information content (AvgIpc) is 3.99. The molecule has 4 nitrogen and oxygen atoms in total. The van der Waals surface area contributed by atoms with Crippen molar-refractivity contribution in [2.24, 2.45) is 0 Å². The van der Waals surface area contributed by atoms with Gasteiger partial charge in [0.25, 0.3) is 0 Å².